The Morgan fingerprint density at radius 1 is 1.29 bits per heavy atom. The second kappa shape index (κ2) is 7.34. The van der Waals surface area contributed by atoms with E-state index in [2.05, 4.69) is 10.5 Å². The van der Waals surface area contributed by atoms with Gasteiger partial charge in [0.15, 0.2) is 11.3 Å². The Hall–Kier alpha value is -2.56. The zero-order valence-corrected chi connectivity index (χ0v) is 14.8. The number of hydrogen-bond acceptors (Lipinski definition) is 4. The summed E-state index contributed by atoms with van der Waals surface area (Å²) in [6.07, 6.45) is 7.63. The smallest absolute Gasteiger partial charge is 0.273 e. The van der Waals surface area contributed by atoms with Crippen molar-refractivity contribution in [3.8, 4) is 5.75 Å². The van der Waals surface area contributed by atoms with Gasteiger partial charge < -0.3 is 14.9 Å². The first-order valence-electron chi connectivity index (χ1n) is 7.90. The normalized spacial score (nSPS) is 23.0. The highest BCUT2D eigenvalue weighted by atomic mass is 16.6. The molecular formula is C19H24N2O3. The minimum absolute atomic E-state index is 0.103. The molecule has 1 aromatic rings. The van der Waals surface area contributed by atoms with E-state index in [4.69, 9.17) is 9.57 Å². The largest absolute Gasteiger partial charge is 0.476 e. The zero-order valence-electron chi connectivity index (χ0n) is 14.8. The van der Waals surface area contributed by atoms with Gasteiger partial charge in [-0.1, -0.05) is 42.4 Å². The Morgan fingerprint density at radius 3 is 2.67 bits per heavy atom. The van der Waals surface area contributed by atoms with Gasteiger partial charge in [-0.3, -0.25) is 4.79 Å². The van der Waals surface area contributed by atoms with E-state index >= 15 is 0 Å². The Bertz CT molecular complexity index is 707. The van der Waals surface area contributed by atoms with Crippen LogP contribution in [0.5, 0.6) is 5.75 Å². The van der Waals surface area contributed by atoms with Crippen LogP contribution in [-0.4, -0.2) is 31.4 Å². The quantitative estimate of drug-likeness (QED) is 0.668. The van der Waals surface area contributed by atoms with Crippen molar-refractivity contribution in [2.75, 3.05) is 14.2 Å². The molecule has 1 amide bonds. The van der Waals surface area contributed by atoms with Crippen molar-refractivity contribution >= 4 is 11.6 Å². The maximum atomic E-state index is 12.4. The van der Waals surface area contributed by atoms with Crippen molar-refractivity contribution < 1.29 is 14.4 Å². The standard InChI is InChI=1S/C19H24N2O3/c1-13-9-10-14(2)16(12-13)24-19(11-7-6-8-15(19)3)17(21-23-5)18(22)20-4/h6-12,15H,1-5H3,(H,20,22)/b21-17-. The predicted octanol–water partition coefficient (Wildman–Crippen LogP) is 2.93. The van der Waals surface area contributed by atoms with Crippen molar-refractivity contribution in [1.82, 2.24) is 5.32 Å². The molecule has 2 rings (SSSR count). The number of nitrogens with one attached hydrogen (secondary N) is 1. The topological polar surface area (TPSA) is 59.9 Å². The van der Waals surface area contributed by atoms with Crippen molar-refractivity contribution in [3.63, 3.8) is 0 Å². The number of benzene rings is 1. The lowest BCUT2D eigenvalue weighted by Crippen LogP contribution is -2.54. The Balaban J connectivity index is 2.58. The average molecular weight is 328 g/mol. The lowest BCUT2D eigenvalue weighted by Gasteiger charge is -2.37. The maximum absolute atomic E-state index is 12.4. The van der Waals surface area contributed by atoms with Gasteiger partial charge in [0, 0.05) is 13.0 Å². The van der Waals surface area contributed by atoms with Crippen molar-refractivity contribution in [2.24, 2.45) is 11.1 Å². The molecule has 5 nitrogen and oxygen atoms in total. The Kier molecular flexibility index (Phi) is 5.44. The van der Waals surface area contributed by atoms with Gasteiger partial charge >= 0.3 is 0 Å². The monoisotopic (exact) mass is 328 g/mol. The number of aryl methyl sites for hydroxylation is 2. The molecular weight excluding hydrogens is 304 g/mol. The summed E-state index contributed by atoms with van der Waals surface area (Å²) in [4.78, 5) is 17.4. The molecule has 0 saturated heterocycles. The summed E-state index contributed by atoms with van der Waals surface area (Å²) < 4.78 is 6.39. The van der Waals surface area contributed by atoms with Crippen LogP contribution in [-0.2, 0) is 9.63 Å². The van der Waals surface area contributed by atoms with Gasteiger partial charge in [0.05, 0.1) is 0 Å². The third kappa shape index (κ3) is 3.35. The highest BCUT2D eigenvalue weighted by Crippen LogP contribution is 2.34. The van der Waals surface area contributed by atoms with Crippen LogP contribution in [0, 0.1) is 19.8 Å². The maximum Gasteiger partial charge on any atom is 0.273 e. The number of hydrogen-bond donors (Lipinski definition) is 1. The van der Waals surface area contributed by atoms with Gasteiger partial charge in [0.1, 0.15) is 12.9 Å². The Labute approximate surface area is 143 Å². The number of carbonyl (C=O) groups is 1. The zero-order chi connectivity index (χ0) is 17.7. The average Bonchev–Trinajstić information content (AvgIpc) is 2.57. The highest BCUT2D eigenvalue weighted by Gasteiger charge is 2.45. The lowest BCUT2D eigenvalue weighted by molar-refractivity contribution is -0.115. The van der Waals surface area contributed by atoms with E-state index in [1.807, 2.05) is 63.3 Å². The third-order valence-corrected chi connectivity index (χ3v) is 4.15. The highest BCUT2D eigenvalue weighted by molar-refractivity contribution is 6.42. The van der Waals surface area contributed by atoms with E-state index in [0.717, 1.165) is 16.9 Å². The van der Waals surface area contributed by atoms with Crippen molar-refractivity contribution in [1.29, 1.82) is 0 Å². The van der Waals surface area contributed by atoms with Gasteiger partial charge in [-0.05, 0) is 37.1 Å². The number of amides is 1. The molecule has 0 spiro atoms. The molecule has 0 fully saturated rings. The summed E-state index contributed by atoms with van der Waals surface area (Å²) in [7, 11) is 2.98. The van der Waals surface area contributed by atoms with Gasteiger partial charge in [-0.2, -0.15) is 0 Å². The third-order valence-electron chi connectivity index (χ3n) is 4.15. The van der Waals surface area contributed by atoms with Gasteiger partial charge in [0.2, 0.25) is 0 Å². The summed E-state index contributed by atoms with van der Waals surface area (Å²) >= 11 is 0. The molecule has 5 heteroatoms. The molecule has 1 aliphatic rings. The van der Waals surface area contributed by atoms with Crippen LogP contribution in [0.2, 0.25) is 0 Å². The molecule has 0 bridgehead atoms. The number of ether oxygens (including phenoxy) is 1. The molecule has 0 heterocycles. The van der Waals surface area contributed by atoms with Crippen LogP contribution in [0.25, 0.3) is 0 Å². The van der Waals surface area contributed by atoms with E-state index in [-0.39, 0.29) is 17.5 Å². The molecule has 1 N–H and O–H groups in total. The van der Waals surface area contributed by atoms with Crippen LogP contribution in [0.4, 0.5) is 0 Å². The predicted molar refractivity (Wildman–Crippen MR) is 95.2 cm³/mol. The first-order chi connectivity index (χ1) is 11.4. The first kappa shape index (κ1) is 17.8. The molecule has 1 aromatic carbocycles. The van der Waals surface area contributed by atoms with E-state index < -0.39 is 5.60 Å². The molecule has 128 valence electrons. The van der Waals surface area contributed by atoms with Crippen LogP contribution < -0.4 is 10.1 Å². The van der Waals surface area contributed by atoms with E-state index in [9.17, 15) is 4.79 Å². The summed E-state index contributed by atoms with van der Waals surface area (Å²) in [6.45, 7) is 5.96. The minimum Gasteiger partial charge on any atom is -0.476 e. The summed E-state index contributed by atoms with van der Waals surface area (Å²) in [6, 6.07) is 5.99. The van der Waals surface area contributed by atoms with Crippen molar-refractivity contribution in [3.05, 3.63) is 53.6 Å². The van der Waals surface area contributed by atoms with Gasteiger partial charge in [-0.25, -0.2) is 0 Å². The number of oxime groups is 1. The van der Waals surface area contributed by atoms with Crippen LogP contribution in [0.3, 0.4) is 0 Å². The van der Waals surface area contributed by atoms with E-state index in [1.165, 1.54) is 7.11 Å². The van der Waals surface area contributed by atoms with E-state index in [1.54, 1.807) is 7.05 Å². The number of allylic oxidation sites excluding steroid dienone is 2. The minimum atomic E-state index is -1.04. The fourth-order valence-corrected chi connectivity index (χ4v) is 2.69. The molecule has 24 heavy (non-hydrogen) atoms. The van der Waals surface area contributed by atoms with Crippen LogP contribution >= 0.6 is 0 Å². The second-order valence-corrected chi connectivity index (χ2v) is 5.90. The molecule has 2 atom stereocenters. The van der Waals surface area contributed by atoms with Crippen molar-refractivity contribution in [2.45, 2.75) is 26.4 Å². The first-order valence-corrected chi connectivity index (χ1v) is 7.90. The fraction of sp³-hybridized carbons (Fsp3) is 0.368. The number of nitrogens with zero attached hydrogens (tertiary/aromatic N) is 1. The van der Waals surface area contributed by atoms with Crippen LogP contribution in [0.1, 0.15) is 18.1 Å². The van der Waals surface area contributed by atoms with E-state index in [0.29, 0.717) is 0 Å². The molecule has 1 aliphatic carbocycles. The summed E-state index contributed by atoms with van der Waals surface area (Å²) in [5.41, 5.74) is 1.22. The lowest BCUT2D eigenvalue weighted by atomic mass is 9.80. The fourth-order valence-electron chi connectivity index (χ4n) is 2.69. The summed E-state index contributed by atoms with van der Waals surface area (Å²) in [5.74, 6) is 0.275. The van der Waals surface area contributed by atoms with Gasteiger partial charge in [-0.15, -0.1) is 0 Å². The SMILES string of the molecule is CNC(=O)/C(=N/OC)C1(Oc2cc(C)ccc2C)C=CC=CC1C. The second-order valence-electron chi connectivity index (χ2n) is 5.90. The number of rotatable bonds is 5. The number of carbonyl (C=O) groups excluding carboxylic acids is 1. The molecule has 0 aromatic heterocycles. The molecule has 0 radical (unpaired) electrons. The Morgan fingerprint density at radius 2 is 2.04 bits per heavy atom. The molecule has 2 unspecified atom stereocenters. The van der Waals surface area contributed by atoms with Crippen LogP contribution in [0.15, 0.2) is 47.7 Å². The summed E-state index contributed by atoms with van der Waals surface area (Å²) in [5, 5.41) is 6.60. The molecule has 0 aliphatic heterocycles. The molecule has 0 saturated carbocycles. The van der Waals surface area contributed by atoms with Gasteiger partial charge in [0.25, 0.3) is 5.91 Å².